The lowest BCUT2D eigenvalue weighted by Gasteiger charge is -2.19. The van der Waals surface area contributed by atoms with Gasteiger partial charge in [0, 0.05) is 5.02 Å². The van der Waals surface area contributed by atoms with E-state index in [0.717, 1.165) is 23.6 Å². The lowest BCUT2D eigenvalue weighted by atomic mass is 9.87. The first-order valence-electron chi connectivity index (χ1n) is 6.00. The molecule has 0 saturated heterocycles. The summed E-state index contributed by atoms with van der Waals surface area (Å²) in [6, 6.07) is 6.03. The second kappa shape index (κ2) is 5.45. The summed E-state index contributed by atoms with van der Waals surface area (Å²) < 4.78 is 0. The third-order valence-electron chi connectivity index (χ3n) is 3.38. The van der Waals surface area contributed by atoms with Crippen molar-refractivity contribution in [2.24, 2.45) is 16.8 Å². The standard InChI is InChI=1S/C14H18ClNS/c1-9(2)10-6-11-7-12(15)4-5-13(11)16-14(8-10)17-3/h4-5,7,9-10H,6,8H2,1-3H3. The Morgan fingerprint density at radius 2 is 2.12 bits per heavy atom. The number of thioether (sulfide) groups is 1. The maximum atomic E-state index is 6.07. The molecule has 1 unspecified atom stereocenters. The van der Waals surface area contributed by atoms with Crippen molar-refractivity contribution in [2.45, 2.75) is 26.7 Å². The van der Waals surface area contributed by atoms with Crippen LogP contribution in [0.4, 0.5) is 5.69 Å². The lowest BCUT2D eigenvalue weighted by molar-refractivity contribution is 0.398. The molecular weight excluding hydrogens is 250 g/mol. The van der Waals surface area contributed by atoms with Gasteiger partial charge in [-0.2, -0.15) is 0 Å². The van der Waals surface area contributed by atoms with Crippen molar-refractivity contribution in [3.63, 3.8) is 0 Å². The van der Waals surface area contributed by atoms with Crippen LogP contribution in [0.3, 0.4) is 0 Å². The van der Waals surface area contributed by atoms with Crippen LogP contribution in [0.2, 0.25) is 5.02 Å². The van der Waals surface area contributed by atoms with Gasteiger partial charge in [-0.15, -0.1) is 11.8 Å². The Labute approximate surface area is 113 Å². The van der Waals surface area contributed by atoms with Gasteiger partial charge in [-0.05, 0) is 54.7 Å². The van der Waals surface area contributed by atoms with E-state index in [0.29, 0.717) is 11.8 Å². The molecule has 0 spiro atoms. The molecule has 0 radical (unpaired) electrons. The molecule has 1 aliphatic rings. The molecule has 0 fully saturated rings. The Bertz CT molecular complexity index is 440. The van der Waals surface area contributed by atoms with E-state index in [4.69, 9.17) is 16.6 Å². The van der Waals surface area contributed by atoms with E-state index < -0.39 is 0 Å². The van der Waals surface area contributed by atoms with Gasteiger partial charge < -0.3 is 0 Å². The maximum absolute atomic E-state index is 6.07. The van der Waals surface area contributed by atoms with Crippen molar-refractivity contribution in [1.29, 1.82) is 0 Å². The summed E-state index contributed by atoms with van der Waals surface area (Å²) in [6.45, 7) is 4.58. The predicted octanol–water partition coefficient (Wildman–Crippen LogP) is 4.95. The molecule has 17 heavy (non-hydrogen) atoms. The summed E-state index contributed by atoms with van der Waals surface area (Å²) in [5.74, 6) is 1.35. The van der Waals surface area contributed by atoms with Crippen molar-refractivity contribution in [3.05, 3.63) is 28.8 Å². The van der Waals surface area contributed by atoms with Gasteiger partial charge in [0.05, 0.1) is 10.7 Å². The van der Waals surface area contributed by atoms with E-state index in [2.05, 4.69) is 26.2 Å². The molecule has 0 N–H and O–H groups in total. The summed E-state index contributed by atoms with van der Waals surface area (Å²) in [4.78, 5) is 4.75. The zero-order valence-electron chi connectivity index (χ0n) is 10.5. The number of hydrogen-bond donors (Lipinski definition) is 0. The third kappa shape index (κ3) is 3.05. The van der Waals surface area contributed by atoms with E-state index in [1.54, 1.807) is 11.8 Å². The fraction of sp³-hybridized carbons (Fsp3) is 0.500. The van der Waals surface area contributed by atoms with Crippen LogP contribution in [0, 0.1) is 11.8 Å². The Balaban J connectivity index is 2.41. The van der Waals surface area contributed by atoms with E-state index >= 15 is 0 Å². The van der Waals surface area contributed by atoms with Crippen molar-refractivity contribution in [1.82, 2.24) is 0 Å². The minimum absolute atomic E-state index is 0.668. The SMILES string of the molecule is CSC1=Nc2ccc(Cl)cc2CC(C(C)C)C1. The largest absolute Gasteiger partial charge is 0.246 e. The highest BCUT2D eigenvalue weighted by Gasteiger charge is 2.21. The van der Waals surface area contributed by atoms with Crippen molar-refractivity contribution >= 4 is 34.1 Å². The van der Waals surface area contributed by atoms with E-state index in [9.17, 15) is 0 Å². The Morgan fingerprint density at radius 1 is 1.35 bits per heavy atom. The molecule has 1 heterocycles. The lowest BCUT2D eigenvalue weighted by Crippen LogP contribution is -2.13. The van der Waals surface area contributed by atoms with Crippen LogP contribution in [-0.2, 0) is 6.42 Å². The molecule has 1 aromatic rings. The normalized spacial score (nSPS) is 19.8. The van der Waals surface area contributed by atoms with Crippen LogP contribution in [0.15, 0.2) is 23.2 Å². The van der Waals surface area contributed by atoms with Crippen molar-refractivity contribution in [3.8, 4) is 0 Å². The van der Waals surface area contributed by atoms with Crippen LogP contribution in [0.5, 0.6) is 0 Å². The number of halogens is 1. The summed E-state index contributed by atoms with van der Waals surface area (Å²) in [5, 5.41) is 2.05. The van der Waals surface area contributed by atoms with Crippen LogP contribution in [0.25, 0.3) is 0 Å². The van der Waals surface area contributed by atoms with Crippen LogP contribution >= 0.6 is 23.4 Å². The third-order valence-corrected chi connectivity index (χ3v) is 4.35. The number of nitrogens with zero attached hydrogens (tertiary/aromatic N) is 1. The molecule has 0 saturated carbocycles. The summed E-state index contributed by atoms with van der Waals surface area (Å²) >= 11 is 7.84. The monoisotopic (exact) mass is 267 g/mol. The minimum Gasteiger partial charge on any atom is -0.246 e. The highest BCUT2D eigenvalue weighted by Crippen LogP contribution is 2.34. The molecule has 3 heteroatoms. The van der Waals surface area contributed by atoms with E-state index in [-0.39, 0.29) is 0 Å². The Hall–Kier alpha value is -0.470. The maximum Gasteiger partial charge on any atom is 0.0739 e. The summed E-state index contributed by atoms with van der Waals surface area (Å²) in [7, 11) is 0. The summed E-state index contributed by atoms with van der Waals surface area (Å²) in [6.07, 6.45) is 4.28. The zero-order chi connectivity index (χ0) is 12.4. The topological polar surface area (TPSA) is 12.4 Å². The minimum atomic E-state index is 0.668. The Morgan fingerprint density at radius 3 is 2.76 bits per heavy atom. The molecule has 2 rings (SSSR count). The van der Waals surface area contributed by atoms with E-state index in [1.165, 1.54) is 10.6 Å². The average Bonchev–Trinajstić information content (AvgIpc) is 2.47. The molecule has 0 aliphatic carbocycles. The van der Waals surface area contributed by atoms with Gasteiger partial charge in [0.2, 0.25) is 0 Å². The number of rotatable bonds is 1. The van der Waals surface area contributed by atoms with Crippen LogP contribution in [-0.4, -0.2) is 11.3 Å². The first-order chi connectivity index (χ1) is 8.10. The van der Waals surface area contributed by atoms with Gasteiger partial charge in [-0.25, -0.2) is 4.99 Å². The van der Waals surface area contributed by atoms with Crippen LogP contribution in [0.1, 0.15) is 25.8 Å². The van der Waals surface area contributed by atoms with Gasteiger partial charge in [-0.1, -0.05) is 25.4 Å². The van der Waals surface area contributed by atoms with E-state index in [1.807, 2.05) is 12.1 Å². The second-order valence-electron chi connectivity index (χ2n) is 4.90. The van der Waals surface area contributed by atoms with Gasteiger partial charge >= 0.3 is 0 Å². The molecule has 1 aromatic carbocycles. The number of benzene rings is 1. The molecule has 0 amide bonds. The summed E-state index contributed by atoms with van der Waals surface area (Å²) in [5.41, 5.74) is 2.39. The Kier molecular flexibility index (Phi) is 4.16. The number of fused-ring (bicyclic) bond motifs is 1. The van der Waals surface area contributed by atoms with Gasteiger partial charge in [0.1, 0.15) is 0 Å². The molecular formula is C14H18ClNS. The molecule has 1 nitrogen and oxygen atoms in total. The fourth-order valence-corrected chi connectivity index (χ4v) is 2.95. The number of aliphatic imine (C=N–C) groups is 1. The first kappa shape index (κ1) is 13.0. The predicted molar refractivity (Wildman–Crippen MR) is 78.7 cm³/mol. The molecule has 1 aliphatic heterocycles. The second-order valence-corrected chi connectivity index (χ2v) is 6.21. The van der Waals surface area contributed by atoms with Gasteiger partial charge in [-0.3, -0.25) is 0 Å². The smallest absolute Gasteiger partial charge is 0.0739 e. The molecule has 92 valence electrons. The molecule has 0 bridgehead atoms. The fourth-order valence-electron chi connectivity index (χ4n) is 2.19. The van der Waals surface area contributed by atoms with Gasteiger partial charge in [0.15, 0.2) is 0 Å². The van der Waals surface area contributed by atoms with Crippen molar-refractivity contribution in [2.75, 3.05) is 6.26 Å². The molecule has 0 aromatic heterocycles. The average molecular weight is 268 g/mol. The highest BCUT2D eigenvalue weighted by atomic mass is 35.5. The van der Waals surface area contributed by atoms with Gasteiger partial charge in [0.25, 0.3) is 0 Å². The quantitative estimate of drug-likeness (QED) is 0.701. The highest BCUT2D eigenvalue weighted by molar-refractivity contribution is 8.13. The number of hydrogen-bond acceptors (Lipinski definition) is 2. The van der Waals surface area contributed by atoms with Crippen molar-refractivity contribution < 1.29 is 0 Å². The van der Waals surface area contributed by atoms with Crippen LogP contribution < -0.4 is 0 Å². The molecule has 1 atom stereocenters. The first-order valence-corrected chi connectivity index (χ1v) is 7.60. The zero-order valence-corrected chi connectivity index (χ0v) is 12.1.